The van der Waals surface area contributed by atoms with Crippen molar-refractivity contribution in [1.29, 1.82) is 0 Å². The van der Waals surface area contributed by atoms with Gasteiger partial charge in [0.15, 0.2) is 0 Å². The summed E-state index contributed by atoms with van der Waals surface area (Å²) in [6.07, 6.45) is 0. The monoisotopic (exact) mass is 635 g/mol. The smallest absolute Gasteiger partial charge is 0.143 e. The zero-order chi connectivity index (χ0) is 43.6. The molecule has 0 aliphatic heterocycles. The largest absolute Gasteiger partial charge is 0.455 e. The third-order valence-corrected chi connectivity index (χ3v) is 9.18. The Morgan fingerprint density at radius 3 is 1.67 bits per heavy atom. The SMILES string of the molecule is [2H]c1c([2H])c([2H])c(-c2ccc3c(-c4c5c([2H])c([2H])c([2H])c([2H])c5c(-c5ccccc5)c5c([2H])c([2H])c([2H])c([2H])c45)c(-c4ccc5ccc6ccccc6c5c4)oc3c2)c([2H])c1[2H]. The first kappa shape index (κ1) is 17.6. The van der Waals surface area contributed by atoms with Crippen LogP contribution in [-0.4, -0.2) is 0 Å². The van der Waals surface area contributed by atoms with Crippen LogP contribution < -0.4 is 0 Å². The van der Waals surface area contributed by atoms with Gasteiger partial charge in [0.25, 0.3) is 0 Å². The van der Waals surface area contributed by atoms with E-state index >= 15 is 0 Å². The molecule has 1 nitrogen and oxygen atoms in total. The second kappa shape index (κ2) is 11.1. The van der Waals surface area contributed by atoms with Crippen LogP contribution in [0, 0.1) is 0 Å². The van der Waals surface area contributed by atoms with Gasteiger partial charge in [-0.1, -0.05) is 163 Å². The van der Waals surface area contributed by atoms with E-state index in [2.05, 4.69) is 0 Å². The van der Waals surface area contributed by atoms with Gasteiger partial charge in [-0.25, -0.2) is 0 Å². The zero-order valence-electron chi connectivity index (χ0n) is 38.7. The molecule has 0 spiro atoms. The molecule has 0 unspecified atom stereocenters. The quantitative estimate of drug-likeness (QED) is 0.139. The Labute approximate surface area is 302 Å². The second-order valence-electron chi connectivity index (χ2n) is 11.9. The molecule has 0 radical (unpaired) electrons. The van der Waals surface area contributed by atoms with Crippen LogP contribution in [0.3, 0.4) is 0 Å². The molecular weight excluding hydrogens is 593 g/mol. The van der Waals surface area contributed by atoms with Crippen LogP contribution in [-0.2, 0) is 0 Å². The molecule has 0 aliphatic carbocycles. The van der Waals surface area contributed by atoms with Crippen molar-refractivity contribution in [3.8, 4) is 44.7 Å². The van der Waals surface area contributed by atoms with Gasteiger partial charge in [0.1, 0.15) is 11.3 Å². The number of rotatable bonds is 4. The van der Waals surface area contributed by atoms with E-state index in [9.17, 15) is 5.48 Å². The van der Waals surface area contributed by atoms with Crippen LogP contribution in [0.15, 0.2) is 186 Å². The van der Waals surface area contributed by atoms with Crippen LogP contribution in [0.5, 0.6) is 0 Å². The average Bonchev–Trinajstić information content (AvgIpc) is 3.67. The Morgan fingerprint density at radius 2 is 0.939 bits per heavy atom. The summed E-state index contributed by atoms with van der Waals surface area (Å²) in [6.45, 7) is 0. The molecule has 0 saturated carbocycles. The molecule has 228 valence electrons. The first-order chi connectivity index (χ1) is 29.7. The summed E-state index contributed by atoms with van der Waals surface area (Å²) in [6, 6.07) is 25.0. The fourth-order valence-corrected chi connectivity index (χ4v) is 7.01. The van der Waals surface area contributed by atoms with Crippen molar-refractivity contribution < 1.29 is 22.2 Å². The van der Waals surface area contributed by atoms with Crippen LogP contribution in [0.1, 0.15) is 17.8 Å². The molecule has 0 N–H and O–H groups in total. The van der Waals surface area contributed by atoms with Gasteiger partial charge >= 0.3 is 0 Å². The van der Waals surface area contributed by atoms with E-state index in [-0.39, 0.29) is 60.7 Å². The first-order valence-electron chi connectivity index (χ1n) is 22.3. The summed E-state index contributed by atoms with van der Waals surface area (Å²) in [5.74, 6) is 0.211. The van der Waals surface area contributed by atoms with Gasteiger partial charge in [-0.2, -0.15) is 0 Å². The fourth-order valence-electron chi connectivity index (χ4n) is 7.01. The number of hydrogen-bond acceptors (Lipinski definition) is 1. The molecule has 10 rings (SSSR count). The molecular formula is C48H30O. The molecule has 1 aromatic heterocycles. The predicted octanol–water partition coefficient (Wildman–Crippen LogP) is 13.7. The maximum atomic E-state index is 9.55. The Balaban J connectivity index is 1.45. The minimum Gasteiger partial charge on any atom is -0.455 e. The maximum absolute atomic E-state index is 9.55. The van der Waals surface area contributed by atoms with E-state index in [0.29, 0.717) is 16.5 Å². The standard InChI is InChI=1S/C48H30O/c1-3-13-31(14-4-1)35-27-28-42-44(30-35)49-48(36-26-25-33-24-23-32-15-7-8-18-37(32)43(33)29-36)47(42)46-40-21-11-9-19-38(40)45(34-16-5-2-6-17-34)39-20-10-12-22-41(39)46/h1-30H/i1D,3D,4D,9D,10D,11D,12D,13D,14D,19D,20D,21D,22D. The molecule has 49 heavy (non-hydrogen) atoms. The van der Waals surface area contributed by atoms with Crippen molar-refractivity contribution >= 4 is 54.1 Å². The number of benzene rings is 9. The Morgan fingerprint density at radius 1 is 0.347 bits per heavy atom. The molecule has 10 aromatic rings. The summed E-state index contributed by atoms with van der Waals surface area (Å²) in [4.78, 5) is 0. The summed E-state index contributed by atoms with van der Waals surface area (Å²) in [7, 11) is 0. The highest BCUT2D eigenvalue weighted by molar-refractivity contribution is 6.25. The highest BCUT2D eigenvalue weighted by Gasteiger charge is 2.24. The van der Waals surface area contributed by atoms with E-state index in [1.807, 2.05) is 54.6 Å². The third-order valence-electron chi connectivity index (χ3n) is 9.18. The molecule has 0 fully saturated rings. The van der Waals surface area contributed by atoms with Crippen molar-refractivity contribution in [3.05, 3.63) is 182 Å². The Hall–Kier alpha value is -6.44. The van der Waals surface area contributed by atoms with Gasteiger partial charge in [0.2, 0.25) is 0 Å². The first-order valence-corrected chi connectivity index (χ1v) is 15.8. The number of fused-ring (bicyclic) bond motifs is 6. The predicted molar refractivity (Wildman–Crippen MR) is 208 cm³/mol. The lowest BCUT2D eigenvalue weighted by Crippen LogP contribution is -1.91. The van der Waals surface area contributed by atoms with Gasteiger partial charge in [-0.15, -0.1) is 0 Å². The minimum absolute atomic E-state index is 0.0114. The maximum Gasteiger partial charge on any atom is 0.143 e. The van der Waals surface area contributed by atoms with E-state index in [1.54, 1.807) is 48.5 Å². The van der Waals surface area contributed by atoms with Crippen LogP contribution in [0.4, 0.5) is 0 Å². The molecule has 0 aliphatic rings. The summed E-state index contributed by atoms with van der Waals surface area (Å²) in [5, 5.41) is 4.26. The Kier molecular flexibility index (Phi) is 3.99. The van der Waals surface area contributed by atoms with Crippen LogP contribution in [0.2, 0.25) is 0 Å². The van der Waals surface area contributed by atoms with Crippen LogP contribution >= 0.6 is 0 Å². The zero-order valence-corrected chi connectivity index (χ0v) is 25.7. The van der Waals surface area contributed by atoms with Gasteiger partial charge in [0, 0.05) is 22.1 Å². The second-order valence-corrected chi connectivity index (χ2v) is 11.9. The highest BCUT2D eigenvalue weighted by atomic mass is 16.3. The number of furan rings is 1. The minimum atomic E-state index is -0.544. The summed E-state index contributed by atoms with van der Waals surface area (Å²) >= 11 is 0. The molecule has 0 amide bonds. The summed E-state index contributed by atoms with van der Waals surface area (Å²) < 4.78 is 123. The van der Waals surface area contributed by atoms with E-state index in [0.717, 1.165) is 21.5 Å². The lowest BCUT2D eigenvalue weighted by molar-refractivity contribution is 0.633. The van der Waals surface area contributed by atoms with Crippen molar-refractivity contribution in [2.24, 2.45) is 0 Å². The van der Waals surface area contributed by atoms with Crippen molar-refractivity contribution in [1.82, 2.24) is 0 Å². The molecule has 0 saturated heterocycles. The fraction of sp³-hybridized carbons (Fsp3) is 0. The van der Waals surface area contributed by atoms with Crippen molar-refractivity contribution in [2.45, 2.75) is 0 Å². The molecule has 0 bridgehead atoms. The van der Waals surface area contributed by atoms with Gasteiger partial charge < -0.3 is 4.42 Å². The van der Waals surface area contributed by atoms with E-state index in [4.69, 9.17) is 16.8 Å². The highest BCUT2D eigenvalue weighted by Crippen LogP contribution is 2.50. The van der Waals surface area contributed by atoms with E-state index in [1.165, 1.54) is 0 Å². The van der Waals surface area contributed by atoms with E-state index < -0.39 is 78.6 Å². The van der Waals surface area contributed by atoms with Crippen molar-refractivity contribution in [3.63, 3.8) is 0 Å². The Bertz CT molecular complexity index is 3510. The third kappa shape index (κ3) is 4.40. The average molecular weight is 636 g/mol. The lowest BCUT2D eigenvalue weighted by Gasteiger charge is -2.18. The topological polar surface area (TPSA) is 13.1 Å². The molecule has 1 heteroatoms. The van der Waals surface area contributed by atoms with Gasteiger partial charge in [-0.3, -0.25) is 0 Å². The number of hydrogen-bond donors (Lipinski definition) is 0. The molecule has 0 atom stereocenters. The van der Waals surface area contributed by atoms with Gasteiger partial charge in [0.05, 0.1) is 17.8 Å². The van der Waals surface area contributed by atoms with Crippen LogP contribution in [0.25, 0.3) is 98.8 Å². The lowest BCUT2D eigenvalue weighted by atomic mass is 9.84. The summed E-state index contributed by atoms with van der Waals surface area (Å²) in [5.41, 5.74) is 1.99. The normalized spacial score (nSPS) is 15.4. The van der Waals surface area contributed by atoms with Gasteiger partial charge in [-0.05, 0) is 83.5 Å². The molecule has 9 aromatic carbocycles. The molecule has 1 heterocycles. The van der Waals surface area contributed by atoms with Crippen molar-refractivity contribution in [2.75, 3.05) is 0 Å².